The number of hydrogen-bond acceptors (Lipinski definition) is 15. The van der Waals surface area contributed by atoms with Crippen LogP contribution in [0.25, 0.3) is 11.5 Å². The molecule has 2 N–H and O–H groups in total. The molecule has 2 aliphatic rings. The Bertz CT molecular complexity index is 3100. The fourth-order valence-corrected chi connectivity index (χ4v) is 12.2. The van der Waals surface area contributed by atoms with Gasteiger partial charge in [-0.25, -0.2) is 42.5 Å². The molecule has 3 heterocycles. The molecule has 0 saturated carbocycles. The maximum absolute atomic E-state index is 15.0. The van der Waals surface area contributed by atoms with Gasteiger partial charge in [0, 0.05) is 61.5 Å². The van der Waals surface area contributed by atoms with Crippen LogP contribution in [0.15, 0.2) is 89.3 Å². The molecule has 0 bridgehead atoms. The van der Waals surface area contributed by atoms with Crippen molar-refractivity contribution in [2.45, 2.75) is 46.5 Å². The third-order valence-corrected chi connectivity index (χ3v) is 18.3. The molecule has 2 fully saturated rings. The third-order valence-electron chi connectivity index (χ3n) is 11.6. The highest BCUT2D eigenvalue weighted by Gasteiger charge is 2.27. The first-order chi connectivity index (χ1) is 33.0. The summed E-state index contributed by atoms with van der Waals surface area (Å²) in [5.74, 6) is -3.06. The topological polar surface area (TPSA) is 232 Å². The molecule has 5 aromatic rings. The van der Waals surface area contributed by atoms with E-state index in [2.05, 4.69) is 10.2 Å². The van der Waals surface area contributed by atoms with E-state index in [4.69, 9.17) is 10.2 Å². The van der Waals surface area contributed by atoms with Crippen LogP contribution in [0.4, 0.5) is 28.9 Å². The quantitative estimate of drug-likeness (QED) is 0.0904. The van der Waals surface area contributed by atoms with Crippen LogP contribution in [0.3, 0.4) is 0 Å². The highest BCUT2D eigenvalue weighted by Crippen LogP contribution is 2.29. The van der Waals surface area contributed by atoms with Gasteiger partial charge in [-0.1, -0.05) is 42.5 Å². The highest BCUT2D eigenvalue weighted by molar-refractivity contribution is 7.93. The van der Waals surface area contributed by atoms with Gasteiger partial charge >= 0.3 is 6.43 Å². The summed E-state index contributed by atoms with van der Waals surface area (Å²) in [6.07, 6.45) is -2.96. The lowest BCUT2D eigenvalue weighted by Gasteiger charge is -2.28. The number of Topliss-reactive ketones (excluding diaryl/α,β-unsaturated/α-hetero) is 1. The highest BCUT2D eigenvalue weighted by atomic mass is 32.2. The van der Waals surface area contributed by atoms with E-state index < -0.39 is 69.5 Å². The zero-order chi connectivity index (χ0) is 51.0. The van der Waals surface area contributed by atoms with E-state index in [0.717, 1.165) is 31.9 Å². The van der Waals surface area contributed by atoms with E-state index in [-0.39, 0.29) is 82.3 Å². The van der Waals surface area contributed by atoms with E-state index in [1.807, 2.05) is 21.9 Å². The van der Waals surface area contributed by atoms with Crippen LogP contribution in [0.2, 0.25) is 0 Å². The first-order valence-corrected chi connectivity index (χ1v) is 28.8. The number of anilines is 2. The number of carbonyl (C=O) groups excluding carboxylic acids is 1. The van der Waals surface area contributed by atoms with Crippen molar-refractivity contribution in [2.75, 3.05) is 75.9 Å². The van der Waals surface area contributed by atoms with E-state index >= 15 is 4.39 Å². The smallest absolute Gasteiger partial charge is 0.314 e. The fourth-order valence-electron chi connectivity index (χ4n) is 7.49. The van der Waals surface area contributed by atoms with Gasteiger partial charge in [0.15, 0.2) is 25.5 Å². The largest absolute Gasteiger partial charge is 0.415 e. The second-order valence-corrected chi connectivity index (χ2v) is 25.5. The van der Waals surface area contributed by atoms with Crippen molar-refractivity contribution in [1.29, 1.82) is 0 Å². The zero-order valence-electron chi connectivity index (χ0n) is 38.3. The maximum atomic E-state index is 15.0. The van der Waals surface area contributed by atoms with Crippen molar-refractivity contribution in [3.63, 3.8) is 0 Å². The minimum absolute atomic E-state index is 0.0565. The monoisotopic (exact) mass is 1060 g/mol. The molecule has 0 radical (unpaired) electrons. The van der Waals surface area contributed by atoms with Crippen molar-refractivity contribution < 1.29 is 60.4 Å². The predicted octanol–water partition coefficient (Wildman–Crippen LogP) is 4.95. The van der Waals surface area contributed by atoms with Crippen molar-refractivity contribution in [1.82, 2.24) is 20.0 Å². The second kappa shape index (κ2) is 22.8. The van der Waals surface area contributed by atoms with Crippen molar-refractivity contribution in [3.05, 3.63) is 130 Å². The molecule has 2 saturated heterocycles. The normalized spacial score (nSPS) is 16.3. The average molecular weight is 1060 g/mol. The minimum atomic E-state index is -3.81. The third kappa shape index (κ3) is 14.2. The lowest BCUT2D eigenvalue weighted by molar-refractivity contribution is 0.100. The summed E-state index contributed by atoms with van der Waals surface area (Å²) in [6.45, 7) is 4.75. The molecule has 4 aromatic carbocycles. The van der Waals surface area contributed by atoms with Crippen molar-refractivity contribution >= 4 is 56.9 Å². The Morgan fingerprint density at radius 1 is 0.686 bits per heavy atom. The minimum Gasteiger partial charge on any atom is -0.415 e. The molecule has 7 rings (SSSR count). The van der Waals surface area contributed by atoms with Gasteiger partial charge in [0.2, 0.25) is 25.9 Å². The number of alkyl halides is 2. The molecule has 0 spiro atoms. The Morgan fingerprint density at radius 3 is 1.54 bits per heavy atom. The predicted molar refractivity (Wildman–Crippen MR) is 256 cm³/mol. The zero-order valence-corrected chi connectivity index (χ0v) is 41.5. The summed E-state index contributed by atoms with van der Waals surface area (Å²) in [6, 6.07) is 21.4. The summed E-state index contributed by atoms with van der Waals surface area (Å²) in [7, 11) is -13.6. The van der Waals surface area contributed by atoms with Crippen LogP contribution in [0.1, 0.15) is 58.8 Å². The van der Waals surface area contributed by atoms with Gasteiger partial charge in [-0.05, 0) is 67.4 Å². The molecule has 1 aromatic heterocycles. The van der Waals surface area contributed by atoms with Crippen LogP contribution < -0.4 is 14.3 Å². The Hall–Kier alpha value is -5.31. The molecule has 0 unspecified atom stereocenters. The van der Waals surface area contributed by atoms with Gasteiger partial charge < -0.3 is 10.2 Å². The first kappa shape index (κ1) is 54.0. The van der Waals surface area contributed by atoms with E-state index in [0.29, 0.717) is 50.6 Å². The van der Waals surface area contributed by atoms with Crippen LogP contribution in [0.5, 0.6) is 0 Å². The number of aromatic nitrogens is 2. The average Bonchev–Trinajstić information content (AvgIpc) is 3.83. The summed E-state index contributed by atoms with van der Waals surface area (Å²) in [4.78, 5) is 15.7. The van der Waals surface area contributed by atoms with Crippen molar-refractivity contribution in [2.24, 2.45) is 5.73 Å². The van der Waals surface area contributed by atoms with E-state index in [9.17, 15) is 51.6 Å². The molecule has 380 valence electrons. The fraction of sp³-hybridized carbons (Fsp3) is 0.400. The van der Waals surface area contributed by atoms with Gasteiger partial charge in [0.1, 0.15) is 11.6 Å². The lowest BCUT2D eigenvalue weighted by Crippen LogP contribution is -2.39. The van der Waals surface area contributed by atoms with Gasteiger partial charge in [-0.2, -0.15) is 8.78 Å². The molecule has 0 aliphatic carbocycles. The first-order valence-electron chi connectivity index (χ1n) is 22.0. The van der Waals surface area contributed by atoms with Gasteiger partial charge in [0.05, 0.1) is 65.5 Å². The number of hydrogen-bond donors (Lipinski definition) is 1. The van der Waals surface area contributed by atoms with Crippen LogP contribution in [-0.4, -0.2) is 127 Å². The molecular weight excluding hydrogens is 1000 g/mol. The Balaban J connectivity index is 0.000000231. The van der Waals surface area contributed by atoms with Gasteiger partial charge in [-0.15, -0.1) is 10.2 Å². The number of benzene rings is 4. The second-order valence-electron chi connectivity index (χ2n) is 16.5. The van der Waals surface area contributed by atoms with E-state index in [1.54, 1.807) is 36.4 Å². The number of rotatable bonds is 18. The Morgan fingerprint density at radius 2 is 1.14 bits per heavy atom. The van der Waals surface area contributed by atoms with Crippen molar-refractivity contribution in [3.8, 4) is 11.5 Å². The lowest BCUT2D eigenvalue weighted by atomic mass is 10.1. The molecule has 25 heteroatoms. The number of nitrogens with zero attached hydrogens (tertiary/aromatic N) is 6. The number of halogens is 4. The SMILES string of the molecule is CCS(=O)(=O)N(Cc1ccc(-c2nnc(C(F)F)o2)cc1F)c1cccc(CN2CCS(=O)(=O)CC2)c1.CCS(=O)(=O)N(Cc1ccc(C(=O)CN)cc1F)c1cccc(CN2CCS(=O)(=O)CC2)c1. The molecular formula is C45H53F4N7O10S4. The summed E-state index contributed by atoms with van der Waals surface area (Å²) >= 11 is 0. The summed E-state index contributed by atoms with van der Waals surface area (Å²) < 4.78 is 161. The Kier molecular flexibility index (Phi) is 17.6. The number of sulfone groups is 2. The number of ketones is 1. The number of nitrogens with two attached hydrogens (primary N) is 1. The summed E-state index contributed by atoms with van der Waals surface area (Å²) in [5, 5.41) is 6.72. The molecule has 2 aliphatic heterocycles. The Labute approximate surface area is 405 Å². The number of sulfonamides is 2. The molecule has 17 nitrogen and oxygen atoms in total. The standard InChI is InChI=1S/C23H25F3N4O5S2.C22H28FN3O5S2/c1-2-37(33,34)30(19-5-3-4-16(12-19)14-29-8-10-36(31,32)11-9-29)15-18-7-6-17(13-20(18)24)22-27-28-23(35-22)21(25)26;1-2-33(30,31)26(16-19-7-6-18(13-21(19)23)22(27)14-24)20-5-3-4-17(12-20)15-25-8-10-32(28,29)11-9-25/h3-7,12-13,21H,2,8-11,14-15H2,1H3;3-7,12-13H,2,8-11,14-16,24H2,1H3. The van der Waals surface area contributed by atoms with Crippen LogP contribution in [0, 0.1) is 11.6 Å². The van der Waals surface area contributed by atoms with E-state index in [1.165, 1.54) is 38.1 Å². The van der Waals surface area contributed by atoms with Crippen LogP contribution >= 0.6 is 0 Å². The molecule has 70 heavy (non-hydrogen) atoms. The molecule has 0 atom stereocenters. The molecule has 0 amide bonds. The van der Waals surface area contributed by atoms with Gasteiger partial charge in [-0.3, -0.25) is 23.2 Å². The maximum Gasteiger partial charge on any atom is 0.314 e. The van der Waals surface area contributed by atoms with Crippen LogP contribution in [-0.2, 0) is 65.9 Å². The number of carbonyl (C=O) groups is 1. The van der Waals surface area contributed by atoms with Gasteiger partial charge in [0.25, 0.3) is 5.89 Å². The summed E-state index contributed by atoms with van der Waals surface area (Å²) in [5.41, 5.74) is 8.07.